The normalized spacial score (nSPS) is 10.4. The van der Waals surface area contributed by atoms with Crippen LogP contribution in [0.1, 0.15) is 5.56 Å². The Morgan fingerprint density at radius 2 is 1.81 bits per heavy atom. The Labute approximate surface area is 108 Å². The Morgan fingerprint density at radius 3 is 2.50 bits per heavy atom. The van der Waals surface area contributed by atoms with Crippen molar-refractivity contribution in [1.29, 1.82) is 0 Å². The SMILES string of the molecule is OCc1cc(Br)ccc1Sc1ccccc1. The molecule has 0 heterocycles. The second-order valence-corrected chi connectivity index (χ2v) is 5.36. The van der Waals surface area contributed by atoms with Crippen molar-refractivity contribution in [1.82, 2.24) is 0 Å². The van der Waals surface area contributed by atoms with Crippen molar-refractivity contribution >= 4 is 27.7 Å². The quantitative estimate of drug-likeness (QED) is 0.920. The minimum Gasteiger partial charge on any atom is -0.392 e. The smallest absolute Gasteiger partial charge is 0.0693 e. The molecule has 0 atom stereocenters. The number of halogens is 1. The van der Waals surface area contributed by atoms with E-state index in [1.54, 1.807) is 11.8 Å². The summed E-state index contributed by atoms with van der Waals surface area (Å²) >= 11 is 5.07. The number of rotatable bonds is 3. The molecule has 0 fully saturated rings. The lowest BCUT2D eigenvalue weighted by atomic mass is 10.2. The zero-order valence-corrected chi connectivity index (χ0v) is 11.0. The summed E-state index contributed by atoms with van der Waals surface area (Å²) in [6.45, 7) is 0.0641. The molecule has 0 amide bonds. The Hall–Kier alpha value is -0.770. The highest BCUT2D eigenvalue weighted by atomic mass is 79.9. The lowest BCUT2D eigenvalue weighted by molar-refractivity contribution is 0.279. The van der Waals surface area contributed by atoms with Crippen LogP contribution in [0.4, 0.5) is 0 Å². The molecule has 0 saturated heterocycles. The molecule has 0 saturated carbocycles. The van der Waals surface area contributed by atoms with Crippen LogP contribution in [0.3, 0.4) is 0 Å². The van der Waals surface area contributed by atoms with E-state index >= 15 is 0 Å². The zero-order chi connectivity index (χ0) is 11.4. The first-order valence-corrected chi connectivity index (χ1v) is 6.53. The molecule has 2 aromatic rings. The number of hydrogen-bond donors (Lipinski definition) is 1. The van der Waals surface area contributed by atoms with Crippen LogP contribution in [-0.2, 0) is 6.61 Å². The molecule has 0 bridgehead atoms. The van der Waals surface area contributed by atoms with Crippen LogP contribution in [0.25, 0.3) is 0 Å². The number of hydrogen-bond acceptors (Lipinski definition) is 2. The van der Waals surface area contributed by atoms with E-state index < -0.39 is 0 Å². The first-order valence-electron chi connectivity index (χ1n) is 4.92. The van der Waals surface area contributed by atoms with E-state index in [2.05, 4.69) is 28.1 Å². The second-order valence-electron chi connectivity index (χ2n) is 3.33. The molecule has 2 aromatic carbocycles. The maximum Gasteiger partial charge on any atom is 0.0693 e. The molecule has 0 aliphatic rings. The van der Waals surface area contributed by atoms with Crippen LogP contribution in [0.5, 0.6) is 0 Å². The lowest BCUT2D eigenvalue weighted by Gasteiger charge is -2.07. The summed E-state index contributed by atoms with van der Waals surface area (Å²) in [5.74, 6) is 0. The summed E-state index contributed by atoms with van der Waals surface area (Å²) in [4.78, 5) is 2.27. The Kier molecular flexibility index (Phi) is 4.04. The van der Waals surface area contributed by atoms with Crippen LogP contribution in [0, 0.1) is 0 Å². The molecule has 0 aromatic heterocycles. The van der Waals surface area contributed by atoms with Crippen molar-refractivity contribution in [2.75, 3.05) is 0 Å². The zero-order valence-electron chi connectivity index (χ0n) is 8.56. The van der Waals surface area contributed by atoms with Gasteiger partial charge in [0.2, 0.25) is 0 Å². The molecule has 0 spiro atoms. The number of benzene rings is 2. The highest BCUT2D eigenvalue weighted by molar-refractivity contribution is 9.10. The molecule has 0 unspecified atom stereocenters. The Bertz CT molecular complexity index is 471. The minimum absolute atomic E-state index is 0.0641. The van der Waals surface area contributed by atoms with E-state index in [-0.39, 0.29) is 6.61 Å². The van der Waals surface area contributed by atoms with Crippen molar-refractivity contribution in [2.24, 2.45) is 0 Å². The van der Waals surface area contributed by atoms with Crippen LogP contribution >= 0.6 is 27.7 Å². The van der Waals surface area contributed by atoms with Gasteiger partial charge in [0.1, 0.15) is 0 Å². The molecule has 1 nitrogen and oxygen atoms in total. The van der Waals surface area contributed by atoms with E-state index in [0.717, 1.165) is 14.9 Å². The van der Waals surface area contributed by atoms with Gasteiger partial charge < -0.3 is 5.11 Å². The van der Waals surface area contributed by atoms with E-state index in [1.807, 2.05) is 36.4 Å². The van der Waals surface area contributed by atoms with Gasteiger partial charge in [-0.2, -0.15) is 0 Å². The molecular formula is C13H11BrOS. The Balaban J connectivity index is 2.28. The molecule has 3 heteroatoms. The topological polar surface area (TPSA) is 20.2 Å². The van der Waals surface area contributed by atoms with Gasteiger partial charge in [-0.25, -0.2) is 0 Å². The van der Waals surface area contributed by atoms with Gasteiger partial charge in [-0.1, -0.05) is 45.9 Å². The van der Waals surface area contributed by atoms with Gasteiger partial charge in [-0.15, -0.1) is 0 Å². The molecule has 0 aliphatic heterocycles. The largest absolute Gasteiger partial charge is 0.392 e. The standard InChI is InChI=1S/C13H11BrOS/c14-11-6-7-13(10(8-11)9-15)16-12-4-2-1-3-5-12/h1-8,15H,9H2. The number of aliphatic hydroxyl groups is 1. The van der Waals surface area contributed by atoms with Gasteiger partial charge >= 0.3 is 0 Å². The maximum atomic E-state index is 9.29. The van der Waals surface area contributed by atoms with Gasteiger partial charge in [0.15, 0.2) is 0 Å². The fraction of sp³-hybridized carbons (Fsp3) is 0.0769. The van der Waals surface area contributed by atoms with E-state index in [1.165, 1.54) is 4.90 Å². The van der Waals surface area contributed by atoms with Gasteiger partial charge in [-0.05, 0) is 35.9 Å². The van der Waals surface area contributed by atoms with Gasteiger partial charge in [0, 0.05) is 14.3 Å². The molecule has 16 heavy (non-hydrogen) atoms. The predicted molar refractivity (Wildman–Crippen MR) is 70.6 cm³/mol. The minimum atomic E-state index is 0.0641. The highest BCUT2D eigenvalue weighted by Gasteiger charge is 2.04. The first-order chi connectivity index (χ1) is 7.79. The second kappa shape index (κ2) is 5.53. The third-order valence-electron chi connectivity index (χ3n) is 2.16. The molecular weight excluding hydrogens is 284 g/mol. The predicted octanol–water partition coefficient (Wildman–Crippen LogP) is 4.09. The summed E-state index contributed by atoms with van der Waals surface area (Å²) in [6.07, 6.45) is 0. The maximum absolute atomic E-state index is 9.29. The van der Waals surface area contributed by atoms with Crippen LogP contribution in [0.15, 0.2) is 62.8 Å². The Morgan fingerprint density at radius 1 is 1.06 bits per heavy atom. The van der Waals surface area contributed by atoms with Crippen molar-refractivity contribution in [3.63, 3.8) is 0 Å². The van der Waals surface area contributed by atoms with Crippen LogP contribution in [-0.4, -0.2) is 5.11 Å². The average Bonchev–Trinajstić information content (AvgIpc) is 2.33. The third kappa shape index (κ3) is 2.88. The third-order valence-corrected chi connectivity index (χ3v) is 3.78. The van der Waals surface area contributed by atoms with Gasteiger partial charge in [0.25, 0.3) is 0 Å². The van der Waals surface area contributed by atoms with Crippen molar-refractivity contribution < 1.29 is 5.11 Å². The van der Waals surface area contributed by atoms with E-state index in [9.17, 15) is 5.11 Å². The van der Waals surface area contributed by atoms with Crippen LogP contribution < -0.4 is 0 Å². The van der Waals surface area contributed by atoms with E-state index in [4.69, 9.17) is 0 Å². The fourth-order valence-corrected chi connectivity index (χ4v) is 2.73. The van der Waals surface area contributed by atoms with Gasteiger partial charge in [0.05, 0.1) is 6.61 Å². The fourth-order valence-electron chi connectivity index (χ4n) is 1.39. The summed E-state index contributed by atoms with van der Waals surface area (Å²) in [6, 6.07) is 16.1. The van der Waals surface area contributed by atoms with Crippen LogP contribution in [0.2, 0.25) is 0 Å². The summed E-state index contributed by atoms with van der Waals surface area (Å²) < 4.78 is 0.994. The van der Waals surface area contributed by atoms with Crippen molar-refractivity contribution in [2.45, 2.75) is 16.4 Å². The molecule has 0 radical (unpaired) electrons. The summed E-state index contributed by atoms with van der Waals surface area (Å²) in [5, 5.41) is 9.29. The lowest BCUT2D eigenvalue weighted by Crippen LogP contribution is -1.87. The van der Waals surface area contributed by atoms with Crippen molar-refractivity contribution in [3.8, 4) is 0 Å². The number of aliphatic hydroxyl groups excluding tert-OH is 1. The summed E-state index contributed by atoms with van der Waals surface area (Å²) in [5.41, 5.74) is 0.947. The highest BCUT2D eigenvalue weighted by Crippen LogP contribution is 2.31. The molecule has 2 rings (SSSR count). The molecule has 82 valence electrons. The first kappa shape index (κ1) is 11.7. The van der Waals surface area contributed by atoms with E-state index in [0.29, 0.717) is 0 Å². The average molecular weight is 295 g/mol. The molecule has 0 aliphatic carbocycles. The van der Waals surface area contributed by atoms with Gasteiger partial charge in [-0.3, -0.25) is 0 Å². The monoisotopic (exact) mass is 294 g/mol. The summed E-state index contributed by atoms with van der Waals surface area (Å²) in [7, 11) is 0. The van der Waals surface area contributed by atoms with Crippen molar-refractivity contribution in [3.05, 3.63) is 58.6 Å². The molecule has 1 N–H and O–H groups in total.